The van der Waals surface area contributed by atoms with Crippen molar-refractivity contribution in [3.8, 4) is 5.69 Å². The highest BCUT2D eigenvalue weighted by atomic mass is 32.1. The van der Waals surface area contributed by atoms with Crippen LogP contribution in [0.15, 0.2) is 53.6 Å². The Bertz CT molecular complexity index is 611. The van der Waals surface area contributed by atoms with Gasteiger partial charge in [0, 0.05) is 17.8 Å². The minimum atomic E-state index is 0.338. The van der Waals surface area contributed by atoms with Crippen LogP contribution in [0.2, 0.25) is 0 Å². The summed E-state index contributed by atoms with van der Waals surface area (Å²) in [6.45, 7) is 2.19. The molecule has 0 fully saturated rings. The predicted molar refractivity (Wildman–Crippen MR) is 74.2 cm³/mol. The van der Waals surface area contributed by atoms with E-state index in [1.54, 1.807) is 11.3 Å². The lowest BCUT2D eigenvalue weighted by atomic mass is 10.0. The predicted octanol–water partition coefficient (Wildman–Crippen LogP) is 3.89. The lowest BCUT2D eigenvalue weighted by Gasteiger charge is -2.05. The van der Waals surface area contributed by atoms with Crippen molar-refractivity contribution in [2.24, 2.45) is 0 Å². The number of hydrogen-bond donors (Lipinski definition) is 0. The maximum atomic E-state index is 4.50. The van der Waals surface area contributed by atoms with Gasteiger partial charge in [0.25, 0.3) is 0 Å². The Balaban J connectivity index is 1.90. The summed E-state index contributed by atoms with van der Waals surface area (Å²) < 4.78 is 2.04. The van der Waals surface area contributed by atoms with E-state index in [2.05, 4.69) is 47.1 Å². The van der Waals surface area contributed by atoms with Gasteiger partial charge in [-0.1, -0.05) is 19.1 Å². The molecule has 0 saturated carbocycles. The van der Waals surface area contributed by atoms with Gasteiger partial charge in [-0.15, -0.1) is 0 Å². The quantitative estimate of drug-likeness (QED) is 0.692. The highest BCUT2D eigenvalue weighted by molar-refractivity contribution is 7.08. The van der Waals surface area contributed by atoms with Crippen LogP contribution in [-0.2, 0) is 0 Å². The molecule has 0 aliphatic carbocycles. The van der Waals surface area contributed by atoms with E-state index < -0.39 is 0 Å². The molecule has 3 rings (SSSR count). The van der Waals surface area contributed by atoms with Crippen LogP contribution in [0.3, 0.4) is 0 Å². The second-order valence-electron chi connectivity index (χ2n) is 4.25. The number of thiophene rings is 1. The monoisotopic (exact) mass is 253 g/mol. The molecule has 0 saturated heterocycles. The number of aromatic nitrogens is 2. The smallest absolute Gasteiger partial charge is 0.0995 e. The van der Waals surface area contributed by atoms with Crippen LogP contribution in [0.5, 0.6) is 0 Å². The lowest BCUT2D eigenvalue weighted by molar-refractivity contribution is 0.887. The molecular weight excluding hydrogens is 240 g/mol. The van der Waals surface area contributed by atoms with Gasteiger partial charge < -0.3 is 4.57 Å². The van der Waals surface area contributed by atoms with E-state index in [4.69, 9.17) is 0 Å². The zero-order valence-electron chi connectivity index (χ0n) is 10.1. The normalized spacial score (nSPS) is 12.5. The van der Waals surface area contributed by atoms with Gasteiger partial charge in [-0.2, -0.15) is 11.3 Å². The third-order valence-corrected chi connectivity index (χ3v) is 3.78. The van der Waals surface area contributed by atoms with E-state index in [-0.39, 0.29) is 0 Å². The third-order valence-electron chi connectivity index (χ3n) is 3.08. The molecule has 1 unspecified atom stereocenters. The van der Waals surface area contributed by atoms with Gasteiger partial charge in [-0.3, -0.25) is 0 Å². The molecule has 89 valence electrons. The van der Waals surface area contributed by atoms with E-state index in [0.29, 0.717) is 5.92 Å². The first-order valence-corrected chi connectivity index (χ1v) is 6.81. The van der Waals surface area contributed by atoms with Crippen molar-refractivity contribution in [1.29, 1.82) is 0 Å². The third kappa shape index (κ3) is 2.09. The van der Waals surface area contributed by atoms with Gasteiger partial charge in [-0.25, -0.2) is 4.98 Å². The molecule has 1 atom stereocenters. The van der Waals surface area contributed by atoms with Gasteiger partial charge in [0.2, 0.25) is 0 Å². The fraction of sp³-hybridized carbons (Fsp3) is 0.133. The van der Waals surface area contributed by atoms with E-state index >= 15 is 0 Å². The second kappa shape index (κ2) is 4.78. The van der Waals surface area contributed by atoms with Crippen LogP contribution < -0.4 is 0 Å². The molecule has 0 aliphatic rings. The highest BCUT2D eigenvalue weighted by Gasteiger charge is 2.11. The fourth-order valence-electron chi connectivity index (χ4n) is 1.94. The van der Waals surface area contributed by atoms with Crippen molar-refractivity contribution in [2.75, 3.05) is 0 Å². The molecular formula is C15H13N2S. The average Bonchev–Trinajstić information content (AvgIpc) is 3.10. The highest BCUT2D eigenvalue weighted by Crippen LogP contribution is 2.25. The van der Waals surface area contributed by atoms with E-state index in [0.717, 1.165) is 11.4 Å². The van der Waals surface area contributed by atoms with Crippen LogP contribution in [0.4, 0.5) is 0 Å². The summed E-state index contributed by atoms with van der Waals surface area (Å²) in [5.74, 6) is 0.338. The molecule has 0 amide bonds. The molecule has 2 aromatic heterocycles. The first-order chi connectivity index (χ1) is 8.84. The van der Waals surface area contributed by atoms with Crippen molar-refractivity contribution < 1.29 is 0 Å². The summed E-state index contributed by atoms with van der Waals surface area (Å²) in [5.41, 5.74) is 3.51. The molecule has 0 bridgehead atoms. The van der Waals surface area contributed by atoms with Gasteiger partial charge in [0.05, 0.1) is 12.0 Å². The molecule has 2 heterocycles. The molecule has 18 heavy (non-hydrogen) atoms. The summed E-state index contributed by atoms with van der Waals surface area (Å²) in [5, 5.41) is 4.29. The van der Waals surface area contributed by atoms with Crippen molar-refractivity contribution in [2.45, 2.75) is 12.8 Å². The molecule has 0 aliphatic heterocycles. The lowest BCUT2D eigenvalue weighted by Crippen LogP contribution is -1.94. The number of imidazole rings is 1. The second-order valence-corrected chi connectivity index (χ2v) is 5.03. The van der Waals surface area contributed by atoms with E-state index in [1.165, 1.54) is 5.56 Å². The first-order valence-electron chi connectivity index (χ1n) is 5.87. The zero-order chi connectivity index (χ0) is 12.4. The topological polar surface area (TPSA) is 17.8 Å². The van der Waals surface area contributed by atoms with Crippen LogP contribution >= 0.6 is 11.3 Å². The van der Waals surface area contributed by atoms with Crippen LogP contribution in [0.25, 0.3) is 5.69 Å². The molecule has 0 spiro atoms. The first kappa shape index (κ1) is 11.2. The minimum absolute atomic E-state index is 0.338. The van der Waals surface area contributed by atoms with E-state index in [1.807, 2.05) is 29.1 Å². The van der Waals surface area contributed by atoms with Crippen molar-refractivity contribution in [1.82, 2.24) is 9.55 Å². The summed E-state index contributed by atoms with van der Waals surface area (Å²) in [6, 6.07) is 13.1. The Morgan fingerprint density at radius 3 is 3.06 bits per heavy atom. The summed E-state index contributed by atoms with van der Waals surface area (Å²) >= 11 is 1.73. The summed E-state index contributed by atoms with van der Waals surface area (Å²) in [7, 11) is 0. The molecule has 3 aromatic rings. The molecule has 2 nitrogen and oxygen atoms in total. The number of hydrogen-bond acceptors (Lipinski definition) is 2. The molecule has 1 aromatic carbocycles. The van der Waals surface area contributed by atoms with Gasteiger partial charge in [0.15, 0.2) is 0 Å². The number of benzene rings is 1. The maximum absolute atomic E-state index is 4.50. The zero-order valence-corrected chi connectivity index (χ0v) is 10.9. The summed E-state index contributed by atoms with van der Waals surface area (Å²) in [4.78, 5) is 4.50. The fourth-order valence-corrected chi connectivity index (χ4v) is 2.69. The van der Waals surface area contributed by atoms with Crippen molar-refractivity contribution in [3.63, 3.8) is 0 Å². The molecule has 3 heteroatoms. The van der Waals surface area contributed by atoms with Crippen molar-refractivity contribution in [3.05, 3.63) is 70.9 Å². The molecule has 0 N–H and O–H groups in total. The van der Waals surface area contributed by atoms with E-state index in [9.17, 15) is 0 Å². The van der Waals surface area contributed by atoms with Gasteiger partial charge in [-0.05, 0) is 40.6 Å². The Morgan fingerprint density at radius 2 is 2.33 bits per heavy atom. The standard InChI is InChI=1S/C15H13N2S/c1-12(13-7-8-18-10-13)15-9-17(11-16-15)14-5-3-2-4-6-14/h2-3,5-12H,1H3. The number of rotatable bonds is 3. The Hall–Kier alpha value is -1.87. The Morgan fingerprint density at radius 1 is 1.39 bits per heavy atom. The SMILES string of the molecule is CC(c1ccsc1)c1cn(-c2c[c]ccc2)cn1. The van der Waals surface area contributed by atoms with Crippen molar-refractivity contribution >= 4 is 11.3 Å². The summed E-state index contributed by atoms with van der Waals surface area (Å²) in [6.07, 6.45) is 3.95. The Labute approximate surface area is 111 Å². The van der Waals surface area contributed by atoms with Crippen LogP contribution in [-0.4, -0.2) is 9.55 Å². The van der Waals surface area contributed by atoms with Gasteiger partial charge >= 0.3 is 0 Å². The minimum Gasteiger partial charge on any atom is -0.306 e. The number of nitrogens with zero attached hydrogens (tertiary/aromatic N) is 2. The van der Waals surface area contributed by atoms with Crippen LogP contribution in [0, 0.1) is 6.07 Å². The average molecular weight is 253 g/mol. The maximum Gasteiger partial charge on any atom is 0.0995 e. The molecule has 1 radical (unpaired) electrons. The van der Waals surface area contributed by atoms with Crippen LogP contribution in [0.1, 0.15) is 24.1 Å². The Kier molecular flexibility index (Phi) is 2.99. The van der Waals surface area contributed by atoms with Gasteiger partial charge in [0.1, 0.15) is 0 Å². The largest absolute Gasteiger partial charge is 0.306 e.